The molecule has 10 heteroatoms. The van der Waals surface area contributed by atoms with Crippen LogP contribution in [-0.4, -0.2) is 35.6 Å². The van der Waals surface area contributed by atoms with E-state index in [1.54, 1.807) is 0 Å². The van der Waals surface area contributed by atoms with Crippen molar-refractivity contribution in [3.05, 3.63) is 37.9 Å². The Kier molecular flexibility index (Phi) is 3.06. The average molecular weight is 280 g/mol. The Morgan fingerprint density at radius 3 is 2.40 bits per heavy atom. The second-order valence-electron chi connectivity index (χ2n) is 3.86. The maximum atomic E-state index is 11.9. The highest BCUT2D eigenvalue weighted by atomic mass is 16.6. The second-order valence-corrected chi connectivity index (χ2v) is 3.86. The highest BCUT2D eigenvalue weighted by Gasteiger charge is 2.40. The third kappa shape index (κ3) is 1.83. The summed E-state index contributed by atoms with van der Waals surface area (Å²) in [6.07, 6.45) is 0. The summed E-state index contributed by atoms with van der Waals surface area (Å²) in [4.78, 5) is 37.7. The van der Waals surface area contributed by atoms with Gasteiger partial charge in [-0.05, 0) is 0 Å². The number of nitro benzene ring substituents is 2. The highest BCUT2D eigenvalue weighted by molar-refractivity contribution is 6.54. The van der Waals surface area contributed by atoms with Crippen LogP contribution in [0.1, 0.15) is 5.56 Å². The van der Waals surface area contributed by atoms with Crippen molar-refractivity contribution in [2.24, 2.45) is 5.16 Å². The van der Waals surface area contributed by atoms with Crippen molar-refractivity contribution in [2.45, 2.75) is 0 Å². The van der Waals surface area contributed by atoms with E-state index in [1.807, 2.05) is 0 Å². The van der Waals surface area contributed by atoms with Crippen molar-refractivity contribution in [3.8, 4) is 0 Å². The molecule has 0 spiro atoms. The smallest absolute Gasteiger partial charge is 0.300 e. The van der Waals surface area contributed by atoms with Crippen LogP contribution in [-0.2, 0) is 9.63 Å². The van der Waals surface area contributed by atoms with Gasteiger partial charge in [0.05, 0.1) is 15.9 Å². The zero-order valence-corrected chi connectivity index (χ0v) is 10.4. The van der Waals surface area contributed by atoms with Crippen molar-refractivity contribution in [1.82, 2.24) is 0 Å². The van der Waals surface area contributed by atoms with E-state index in [4.69, 9.17) is 0 Å². The number of fused-ring (bicyclic) bond motifs is 1. The van der Waals surface area contributed by atoms with Gasteiger partial charge in [0.2, 0.25) is 0 Å². The van der Waals surface area contributed by atoms with E-state index < -0.39 is 27.1 Å². The predicted octanol–water partition coefficient (Wildman–Crippen LogP) is 0.830. The molecule has 1 amide bonds. The molecular weight excluding hydrogens is 272 g/mol. The fourth-order valence-electron chi connectivity index (χ4n) is 1.94. The molecule has 0 saturated carbocycles. The first-order chi connectivity index (χ1) is 9.38. The molecule has 10 nitrogen and oxygen atoms in total. The maximum Gasteiger partial charge on any atom is 0.300 e. The largest absolute Gasteiger partial charge is 0.398 e. The number of anilines is 1. The number of carbonyl (C=O) groups excluding carboxylic acids is 1. The first-order valence-corrected chi connectivity index (χ1v) is 5.25. The van der Waals surface area contributed by atoms with Gasteiger partial charge >= 0.3 is 5.69 Å². The Hall–Kier alpha value is -3.04. The number of benzene rings is 1. The summed E-state index contributed by atoms with van der Waals surface area (Å²) in [5.41, 5.74) is -1.29. The van der Waals surface area contributed by atoms with Crippen molar-refractivity contribution >= 4 is 28.7 Å². The van der Waals surface area contributed by atoms with Crippen LogP contribution < -0.4 is 4.90 Å². The van der Waals surface area contributed by atoms with Crippen molar-refractivity contribution in [3.63, 3.8) is 0 Å². The molecule has 0 radical (unpaired) electrons. The van der Waals surface area contributed by atoms with Crippen LogP contribution in [0.3, 0.4) is 0 Å². The number of nitro groups is 2. The van der Waals surface area contributed by atoms with Crippen LogP contribution in [0.25, 0.3) is 0 Å². The number of likely N-dealkylation sites (N-methyl/N-ethyl adjacent to an activating group) is 1. The van der Waals surface area contributed by atoms with E-state index in [1.165, 1.54) is 14.2 Å². The molecular formula is C10H8N4O6. The van der Waals surface area contributed by atoms with Crippen molar-refractivity contribution in [2.75, 3.05) is 19.1 Å². The number of hydrogen-bond acceptors (Lipinski definition) is 7. The summed E-state index contributed by atoms with van der Waals surface area (Å²) in [5, 5.41) is 25.3. The van der Waals surface area contributed by atoms with E-state index in [0.29, 0.717) is 0 Å². The second kappa shape index (κ2) is 4.57. The van der Waals surface area contributed by atoms with Gasteiger partial charge < -0.3 is 9.74 Å². The normalized spacial score (nSPS) is 15.4. The highest BCUT2D eigenvalue weighted by Crippen LogP contribution is 2.40. The molecule has 0 bridgehead atoms. The molecule has 1 aliphatic rings. The van der Waals surface area contributed by atoms with Gasteiger partial charge in [-0.1, -0.05) is 5.16 Å². The summed E-state index contributed by atoms with van der Waals surface area (Å²) in [7, 11) is 2.52. The van der Waals surface area contributed by atoms with Gasteiger partial charge in [-0.15, -0.1) is 0 Å². The molecule has 0 atom stereocenters. The van der Waals surface area contributed by atoms with Gasteiger partial charge in [-0.2, -0.15) is 0 Å². The molecule has 1 aromatic carbocycles. The van der Waals surface area contributed by atoms with Gasteiger partial charge in [-0.25, -0.2) is 0 Å². The first kappa shape index (κ1) is 13.4. The number of rotatable bonds is 3. The van der Waals surface area contributed by atoms with Gasteiger partial charge in [0, 0.05) is 18.7 Å². The summed E-state index contributed by atoms with van der Waals surface area (Å²) < 4.78 is 0. The van der Waals surface area contributed by atoms with Crippen LogP contribution >= 0.6 is 0 Å². The summed E-state index contributed by atoms with van der Waals surface area (Å²) in [5.74, 6) is -0.634. The summed E-state index contributed by atoms with van der Waals surface area (Å²) >= 11 is 0. The third-order valence-corrected chi connectivity index (χ3v) is 2.76. The third-order valence-electron chi connectivity index (χ3n) is 2.76. The van der Waals surface area contributed by atoms with Gasteiger partial charge in [0.1, 0.15) is 12.8 Å². The molecule has 2 rings (SSSR count). The molecule has 1 heterocycles. The fraction of sp³-hybridized carbons (Fsp3) is 0.200. The van der Waals surface area contributed by atoms with Gasteiger partial charge in [0.25, 0.3) is 11.6 Å². The zero-order valence-electron chi connectivity index (χ0n) is 10.4. The monoisotopic (exact) mass is 280 g/mol. The van der Waals surface area contributed by atoms with Crippen LogP contribution in [0.15, 0.2) is 17.3 Å². The van der Waals surface area contributed by atoms with Crippen LogP contribution in [0, 0.1) is 20.2 Å². The zero-order chi connectivity index (χ0) is 15.0. The Morgan fingerprint density at radius 1 is 1.25 bits per heavy atom. The van der Waals surface area contributed by atoms with Crippen molar-refractivity contribution < 1.29 is 19.5 Å². The number of hydrogen-bond donors (Lipinski definition) is 0. The van der Waals surface area contributed by atoms with E-state index in [9.17, 15) is 25.0 Å². The average Bonchev–Trinajstić information content (AvgIpc) is 2.63. The fourth-order valence-corrected chi connectivity index (χ4v) is 1.94. The topological polar surface area (TPSA) is 128 Å². The lowest BCUT2D eigenvalue weighted by Crippen LogP contribution is -2.26. The number of non-ortho nitro benzene ring substituents is 1. The number of nitrogens with zero attached hydrogens (tertiary/aromatic N) is 4. The van der Waals surface area contributed by atoms with Crippen molar-refractivity contribution in [1.29, 1.82) is 0 Å². The van der Waals surface area contributed by atoms with Gasteiger partial charge in [-0.3, -0.25) is 25.0 Å². The number of oxime groups is 1. The minimum atomic E-state index is -0.786. The maximum absolute atomic E-state index is 11.9. The first-order valence-electron chi connectivity index (χ1n) is 5.25. The molecule has 0 saturated heterocycles. The Morgan fingerprint density at radius 2 is 1.90 bits per heavy atom. The lowest BCUT2D eigenvalue weighted by molar-refractivity contribution is -0.393. The molecule has 0 aromatic heterocycles. The molecule has 104 valence electrons. The molecule has 20 heavy (non-hydrogen) atoms. The van der Waals surface area contributed by atoms with Crippen LogP contribution in [0.4, 0.5) is 17.1 Å². The Labute approximate surface area is 111 Å². The van der Waals surface area contributed by atoms with E-state index in [2.05, 4.69) is 9.99 Å². The summed E-state index contributed by atoms with van der Waals surface area (Å²) in [6, 6.07) is 1.86. The minimum absolute atomic E-state index is 0.000231. The lowest BCUT2D eigenvalue weighted by atomic mass is 10.1. The van der Waals surface area contributed by atoms with E-state index >= 15 is 0 Å². The van der Waals surface area contributed by atoms with Crippen LogP contribution in [0.5, 0.6) is 0 Å². The van der Waals surface area contributed by atoms with E-state index in [-0.39, 0.29) is 17.0 Å². The Bertz CT molecular complexity index is 668. The molecule has 1 aromatic rings. The Balaban J connectivity index is 2.81. The van der Waals surface area contributed by atoms with E-state index in [0.717, 1.165) is 17.0 Å². The lowest BCUT2D eigenvalue weighted by Gasteiger charge is -2.08. The summed E-state index contributed by atoms with van der Waals surface area (Å²) in [6.45, 7) is 0. The van der Waals surface area contributed by atoms with Gasteiger partial charge in [0.15, 0.2) is 5.71 Å². The minimum Gasteiger partial charge on any atom is -0.398 e. The number of amides is 1. The number of carbonyl (C=O) groups is 1. The SMILES string of the molecule is CON=C1C(=O)N(C)c2c1cc([N+](=O)[O-])cc2[N+](=O)[O-]. The standard InChI is InChI=1S/C10H8N4O6/c1-12-9-6(8(10(12)15)11-20-2)3-5(13(16)17)4-7(9)14(18)19/h3-4H,1-2H3. The molecule has 0 fully saturated rings. The predicted molar refractivity (Wildman–Crippen MR) is 66.7 cm³/mol. The molecule has 0 N–H and O–H groups in total. The molecule has 1 aliphatic heterocycles. The quantitative estimate of drug-likeness (QED) is 0.595. The molecule has 0 unspecified atom stereocenters. The molecule has 0 aliphatic carbocycles. The van der Waals surface area contributed by atoms with Crippen LogP contribution in [0.2, 0.25) is 0 Å².